The number of nitriles is 1. The van der Waals surface area contributed by atoms with Crippen molar-refractivity contribution in [3.63, 3.8) is 0 Å². The SMILES string of the molecule is COC(=O)C1=C(C)N(c2cccc(C(F)(F)F)c2)c2n[nH]c(=O)n2[C@@H]1c1ccc(C#N)cc1CCC[N+](C)(C)CCCS(C)(=O)=O.O=C[O-]. The predicted octanol–water partition coefficient (Wildman–Crippen LogP) is 2.46. The van der Waals surface area contributed by atoms with E-state index in [0.717, 1.165) is 12.1 Å². The summed E-state index contributed by atoms with van der Waals surface area (Å²) < 4.78 is 71.0. The van der Waals surface area contributed by atoms with Crippen LogP contribution in [0.25, 0.3) is 0 Å². The van der Waals surface area contributed by atoms with Crippen LogP contribution in [-0.2, 0) is 36.8 Å². The number of carbonyl (C=O) groups is 2. The molecular weight excluding hydrogens is 669 g/mol. The van der Waals surface area contributed by atoms with Crippen LogP contribution in [0.1, 0.15) is 48.1 Å². The molecule has 1 atom stereocenters. The van der Waals surface area contributed by atoms with Crippen LogP contribution in [0.5, 0.6) is 0 Å². The topological polar surface area (TPSA) is 178 Å². The van der Waals surface area contributed by atoms with E-state index in [1.165, 1.54) is 35.0 Å². The van der Waals surface area contributed by atoms with Gasteiger partial charge in [0.1, 0.15) is 15.9 Å². The summed E-state index contributed by atoms with van der Waals surface area (Å²) >= 11 is 0. The first-order valence-corrected chi connectivity index (χ1v) is 17.0. The number of nitrogens with one attached hydrogen (secondary N) is 1. The third-order valence-electron chi connectivity index (χ3n) is 8.03. The Bertz CT molecular complexity index is 1930. The molecule has 0 unspecified atom stereocenters. The number of hydrogen-bond acceptors (Lipinski definition) is 10. The maximum atomic E-state index is 13.6. The van der Waals surface area contributed by atoms with Crippen molar-refractivity contribution in [1.82, 2.24) is 14.8 Å². The van der Waals surface area contributed by atoms with Gasteiger partial charge in [-0.05, 0) is 54.8 Å². The number of fused-ring (bicyclic) bond motifs is 1. The van der Waals surface area contributed by atoms with Crippen molar-refractivity contribution in [3.05, 3.63) is 86.5 Å². The van der Waals surface area contributed by atoms with Crippen molar-refractivity contribution in [3.8, 4) is 6.07 Å². The molecule has 2 heterocycles. The molecule has 0 spiro atoms. The first-order valence-electron chi connectivity index (χ1n) is 14.9. The summed E-state index contributed by atoms with van der Waals surface area (Å²) in [6.07, 6.45) is -1.86. The van der Waals surface area contributed by atoms with Crippen LogP contribution in [0.15, 0.2) is 58.5 Å². The lowest BCUT2D eigenvalue weighted by atomic mass is 9.88. The Balaban J connectivity index is 0.00000209. The standard InChI is InChI=1S/C31H35F3N6O5S.CH2O2/c1-20-26(28(41)45-4)27(39-29(36-37-30(39)42)38(20)24-11-6-10-23(18-24)31(32,33)34)25-13-12-21(19-35)17-22(25)9-7-14-40(2,3)15-8-16-46(5,43)44;2-1-3/h6,10-13,17-18,27H,7-9,14-16H2,1-5H3;1H,(H,2,3)/t27-;/m1./s1. The number of H-pyrrole nitrogens is 1. The number of methoxy groups -OCH3 is 1. The smallest absolute Gasteiger partial charge is 0.416 e. The molecule has 4 rings (SSSR count). The normalized spacial score (nSPS) is 14.8. The number of carbonyl (C=O) groups excluding carboxylic acids is 2. The quantitative estimate of drug-likeness (QED) is 0.177. The number of esters is 1. The second-order valence-electron chi connectivity index (χ2n) is 12.1. The summed E-state index contributed by atoms with van der Waals surface area (Å²) in [6.45, 7) is 2.35. The van der Waals surface area contributed by atoms with Gasteiger partial charge in [0, 0.05) is 37.0 Å². The van der Waals surface area contributed by atoms with E-state index >= 15 is 0 Å². The summed E-state index contributed by atoms with van der Waals surface area (Å²) in [7, 11) is 2.09. The number of rotatable bonds is 11. The van der Waals surface area contributed by atoms with Crippen LogP contribution in [-0.4, -0.2) is 86.4 Å². The number of sulfone groups is 1. The molecule has 1 N–H and O–H groups in total. The first-order chi connectivity index (χ1) is 22.9. The zero-order chi connectivity index (χ0) is 36.7. The number of alkyl halides is 3. The highest BCUT2D eigenvalue weighted by Crippen LogP contribution is 2.43. The van der Waals surface area contributed by atoms with Crippen LogP contribution in [0, 0.1) is 11.3 Å². The van der Waals surface area contributed by atoms with E-state index in [2.05, 4.69) is 16.3 Å². The lowest BCUT2D eigenvalue weighted by Gasteiger charge is -2.36. The second kappa shape index (κ2) is 15.5. The highest BCUT2D eigenvalue weighted by atomic mass is 32.2. The van der Waals surface area contributed by atoms with Gasteiger partial charge < -0.3 is 19.1 Å². The summed E-state index contributed by atoms with van der Waals surface area (Å²) in [5.41, 5.74) is 0.197. The molecule has 17 heteroatoms. The second-order valence-corrected chi connectivity index (χ2v) is 14.3. The van der Waals surface area contributed by atoms with Gasteiger partial charge in [0.2, 0.25) is 5.95 Å². The molecule has 0 fully saturated rings. The Morgan fingerprint density at radius 1 is 1.18 bits per heavy atom. The largest absolute Gasteiger partial charge is 0.554 e. The molecular formula is C32H37F3N6O7S. The van der Waals surface area contributed by atoms with Crippen LogP contribution in [0.3, 0.4) is 0 Å². The number of hydrogen-bond donors (Lipinski definition) is 1. The molecule has 264 valence electrons. The van der Waals surface area contributed by atoms with Crippen LogP contribution < -0.4 is 15.7 Å². The predicted molar refractivity (Wildman–Crippen MR) is 171 cm³/mol. The average Bonchev–Trinajstić information content (AvgIpc) is 3.39. The Morgan fingerprint density at radius 2 is 1.84 bits per heavy atom. The number of carboxylic acid groups (broad SMARTS) is 1. The van der Waals surface area contributed by atoms with Gasteiger partial charge in [0.05, 0.1) is 62.8 Å². The van der Waals surface area contributed by atoms with Gasteiger partial charge in [-0.15, -0.1) is 5.10 Å². The lowest BCUT2D eigenvalue weighted by Crippen LogP contribution is -2.42. The molecule has 0 radical (unpaired) electrons. The van der Waals surface area contributed by atoms with Gasteiger partial charge in [-0.3, -0.25) is 4.90 Å². The molecule has 0 saturated heterocycles. The van der Waals surface area contributed by atoms with Gasteiger partial charge in [-0.1, -0.05) is 12.1 Å². The molecule has 1 aromatic heterocycles. The van der Waals surface area contributed by atoms with E-state index in [1.807, 2.05) is 14.1 Å². The molecule has 0 aliphatic carbocycles. The Kier molecular flexibility index (Phi) is 12.2. The molecule has 0 saturated carbocycles. The van der Waals surface area contributed by atoms with Gasteiger partial charge in [-0.2, -0.15) is 18.4 Å². The zero-order valence-electron chi connectivity index (χ0n) is 27.6. The van der Waals surface area contributed by atoms with Gasteiger partial charge in [0.15, 0.2) is 0 Å². The monoisotopic (exact) mass is 706 g/mol. The Labute approximate surface area is 281 Å². The third-order valence-corrected chi connectivity index (χ3v) is 9.06. The fraction of sp³-hybridized carbons (Fsp3) is 0.406. The summed E-state index contributed by atoms with van der Waals surface area (Å²) in [4.78, 5) is 36.3. The number of aryl methyl sites for hydroxylation is 1. The minimum atomic E-state index is -4.64. The number of benzene rings is 2. The van der Waals surface area contributed by atoms with E-state index in [1.54, 1.807) is 25.1 Å². The van der Waals surface area contributed by atoms with E-state index in [0.29, 0.717) is 53.5 Å². The van der Waals surface area contributed by atoms with E-state index in [9.17, 15) is 36.4 Å². The van der Waals surface area contributed by atoms with Crippen molar-refractivity contribution in [1.29, 1.82) is 5.26 Å². The van der Waals surface area contributed by atoms with Gasteiger partial charge in [0.25, 0.3) is 0 Å². The van der Waals surface area contributed by atoms with Crippen molar-refractivity contribution in [2.45, 2.75) is 38.4 Å². The van der Waals surface area contributed by atoms with Crippen molar-refractivity contribution in [2.75, 3.05) is 51.2 Å². The average molecular weight is 707 g/mol. The summed E-state index contributed by atoms with van der Waals surface area (Å²) in [5, 5.41) is 24.4. The number of allylic oxidation sites excluding steroid dienone is 1. The third kappa shape index (κ3) is 9.36. The Morgan fingerprint density at radius 3 is 2.43 bits per heavy atom. The molecule has 0 amide bonds. The summed E-state index contributed by atoms with van der Waals surface area (Å²) in [6, 6.07) is 10.4. The van der Waals surface area contributed by atoms with Gasteiger partial charge in [-0.25, -0.2) is 27.7 Å². The minimum Gasteiger partial charge on any atom is -0.554 e. The highest BCUT2D eigenvalue weighted by molar-refractivity contribution is 7.90. The Hall–Kier alpha value is -4.95. The number of anilines is 2. The van der Waals surface area contributed by atoms with E-state index in [4.69, 9.17) is 14.6 Å². The number of quaternary nitrogens is 1. The molecule has 3 aromatic rings. The molecule has 13 nitrogen and oxygen atoms in total. The molecule has 49 heavy (non-hydrogen) atoms. The molecule has 2 aromatic carbocycles. The fourth-order valence-corrected chi connectivity index (χ4v) is 6.45. The van der Waals surface area contributed by atoms with Crippen LogP contribution >= 0.6 is 0 Å². The molecule has 1 aliphatic heterocycles. The maximum Gasteiger partial charge on any atom is 0.416 e. The zero-order valence-corrected chi connectivity index (χ0v) is 28.4. The maximum absolute atomic E-state index is 13.6. The van der Waals surface area contributed by atoms with Crippen LogP contribution in [0.4, 0.5) is 24.8 Å². The van der Waals surface area contributed by atoms with Gasteiger partial charge >= 0.3 is 17.8 Å². The van der Waals surface area contributed by atoms with Crippen molar-refractivity contribution in [2.24, 2.45) is 0 Å². The number of aromatic amines is 1. The number of halogens is 3. The van der Waals surface area contributed by atoms with E-state index in [-0.39, 0.29) is 28.7 Å². The highest BCUT2D eigenvalue weighted by Gasteiger charge is 2.41. The number of nitrogens with zero attached hydrogens (tertiary/aromatic N) is 5. The minimum absolute atomic E-state index is 0.0127. The number of ether oxygens (including phenoxy) is 1. The lowest BCUT2D eigenvalue weighted by molar-refractivity contribution is -0.890. The van der Waals surface area contributed by atoms with E-state index < -0.39 is 45.8 Å². The first kappa shape index (κ1) is 38.5. The van der Waals surface area contributed by atoms with Crippen molar-refractivity contribution < 1.29 is 45.5 Å². The van der Waals surface area contributed by atoms with Crippen molar-refractivity contribution >= 4 is 33.9 Å². The molecule has 1 aliphatic rings. The fourth-order valence-electron chi connectivity index (χ4n) is 5.80. The molecule has 0 bridgehead atoms. The van der Waals surface area contributed by atoms with Crippen LogP contribution in [0.2, 0.25) is 0 Å². The number of aromatic nitrogens is 3. The summed E-state index contributed by atoms with van der Waals surface area (Å²) in [5.74, 6) is -0.734.